The molecule has 0 spiro atoms. The average Bonchev–Trinajstić information content (AvgIpc) is 2.54. The predicted octanol–water partition coefficient (Wildman–Crippen LogP) is 5.27. The van der Waals surface area contributed by atoms with Crippen molar-refractivity contribution < 1.29 is 9.47 Å². The van der Waals surface area contributed by atoms with Gasteiger partial charge in [-0.25, -0.2) is 0 Å². The summed E-state index contributed by atoms with van der Waals surface area (Å²) < 4.78 is 11.6. The van der Waals surface area contributed by atoms with Crippen molar-refractivity contribution in [2.45, 2.75) is 58.2 Å². The summed E-state index contributed by atoms with van der Waals surface area (Å²) in [5, 5.41) is 0. The van der Waals surface area contributed by atoms with Gasteiger partial charge >= 0.3 is 0 Å². The Morgan fingerprint density at radius 2 is 1.50 bits per heavy atom. The van der Waals surface area contributed by atoms with Crippen molar-refractivity contribution in [1.82, 2.24) is 0 Å². The first-order valence-corrected chi connectivity index (χ1v) is 8.95. The molecule has 2 nitrogen and oxygen atoms in total. The maximum Gasteiger partial charge on any atom is 0.119 e. The van der Waals surface area contributed by atoms with Crippen molar-refractivity contribution in [1.29, 1.82) is 0 Å². The van der Waals surface area contributed by atoms with Crippen LogP contribution in [0.2, 0.25) is 0 Å². The molecular formula is C22H28O2. The van der Waals surface area contributed by atoms with Crippen molar-refractivity contribution in [2.24, 2.45) is 0 Å². The lowest BCUT2D eigenvalue weighted by Crippen LogP contribution is -2.40. The Hall–Kier alpha value is -1.80. The highest BCUT2D eigenvalue weighted by molar-refractivity contribution is 5.40. The zero-order valence-corrected chi connectivity index (χ0v) is 15.2. The fourth-order valence-electron chi connectivity index (χ4n) is 3.22. The third kappa shape index (κ3) is 3.64. The van der Waals surface area contributed by atoms with Gasteiger partial charge in [0.25, 0.3) is 0 Å². The zero-order chi connectivity index (χ0) is 17.2. The maximum atomic E-state index is 5.87. The molecular weight excluding hydrogens is 296 g/mol. The van der Waals surface area contributed by atoms with Gasteiger partial charge in [0.2, 0.25) is 0 Å². The smallest absolute Gasteiger partial charge is 0.119 e. The SMILES string of the molecule is CCC1CC(COc2ccc(C(C)(C)c3ccc(C)cc3)cc2)O1. The van der Waals surface area contributed by atoms with E-state index in [1.807, 2.05) is 0 Å². The molecule has 2 heteroatoms. The van der Waals surface area contributed by atoms with Gasteiger partial charge in [0.05, 0.1) is 12.2 Å². The topological polar surface area (TPSA) is 18.5 Å². The van der Waals surface area contributed by atoms with Crippen LogP contribution in [-0.2, 0) is 10.2 Å². The summed E-state index contributed by atoms with van der Waals surface area (Å²) in [5.74, 6) is 0.919. The van der Waals surface area contributed by atoms with E-state index in [-0.39, 0.29) is 11.5 Å². The fourth-order valence-corrected chi connectivity index (χ4v) is 3.22. The lowest BCUT2D eigenvalue weighted by Gasteiger charge is -2.35. The lowest BCUT2D eigenvalue weighted by molar-refractivity contribution is -0.138. The predicted molar refractivity (Wildman–Crippen MR) is 98.8 cm³/mol. The van der Waals surface area contributed by atoms with Gasteiger partial charge in [-0.3, -0.25) is 0 Å². The van der Waals surface area contributed by atoms with Gasteiger partial charge in [0.15, 0.2) is 0 Å². The molecule has 0 amide bonds. The minimum absolute atomic E-state index is 0.0162. The van der Waals surface area contributed by atoms with Crippen molar-refractivity contribution in [3.63, 3.8) is 0 Å². The second-order valence-electron chi connectivity index (χ2n) is 7.35. The van der Waals surface area contributed by atoms with Crippen LogP contribution in [0.4, 0.5) is 0 Å². The molecule has 1 aliphatic heterocycles. The summed E-state index contributed by atoms with van der Waals surface area (Å²) in [6, 6.07) is 17.3. The standard InChI is InChI=1S/C22H28O2/c1-5-19-14-21(24-19)15-23-20-12-10-18(11-13-20)22(3,4)17-8-6-16(2)7-9-17/h6-13,19,21H,5,14-15H2,1-4H3. The van der Waals surface area contributed by atoms with Crippen LogP contribution >= 0.6 is 0 Å². The Morgan fingerprint density at radius 1 is 0.958 bits per heavy atom. The fraction of sp³-hybridized carbons (Fsp3) is 0.455. The third-order valence-electron chi connectivity index (χ3n) is 5.15. The van der Waals surface area contributed by atoms with Gasteiger partial charge in [-0.1, -0.05) is 62.7 Å². The van der Waals surface area contributed by atoms with E-state index >= 15 is 0 Å². The highest BCUT2D eigenvalue weighted by atomic mass is 16.6. The second-order valence-corrected chi connectivity index (χ2v) is 7.35. The maximum absolute atomic E-state index is 5.87. The monoisotopic (exact) mass is 324 g/mol. The van der Waals surface area contributed by atoms with Crippen molar-refractivity contribution in [3.05, 3.63) is 65.2 Å². The van der Waals surface area contributed by atoms with Gasteiger partial charge in [-0.2, -0.15) is 0 Å². The van der Waals surface area contributed by atoms with Crippen molar-refractivity contribution in [3.8, 4) is 5.75 Å². The van der Waals surface area contributed by atoms with E-state index in [4.69, 9.17) is 9.47 Å². The first-order valence-electron chi connectivity index (χ1n) is 8.95. The number of hydrogen-bond acceptors (Lipinski definition) is 2. The van der Waals surface area contributed by atoms with E-state index in [1.54, 1.807) is 0 Å². The average molecular weight is 324 g/mol. The molecule has 1 fully saturated rings. The number of aryl methyl sites for hydroxylation is 1. The van der Waals surface area contributed by atoms with E-state index in [1.165, 1.54) is 16.7 Å². The Labute approximate surface area is 145 Å². The van der Waals surface area contributed by atoms with Crippen LogP contribution in [0.3, 0.4) is 0 Å². The van der Waals surface area contributed by atoms with Crippen LogP contribution in [0.1, 0.15) is 50.3 Å². The molecule has 2 aromatic carbocycles. The molecule has 0 bridgehead atoms. The molecule has 0 aromatic heterocycles. The minimum atomic E-state index is -0.0162. The molecule has 1 aliphatic rings. The van der Waals surface area contributed by atoms with E-state index in [0.717, 1.165) is 18.6 Å². The molecule has 0 saturated carbocycles. The zero-order valence-electron chi connectivity index (χ0n) is 15.2. The molecule has 1 saturated heterocycles. The second kappa shape index (κ2) is 6.98. The van der Waals surface area contributed by atoms with Crippen LogP contribution in [0, 0.1) is 6.92 Å². The molecule has 2 atom stereocenters. The molecule has 24 heavy (non-hydrogen) atoms. The first kappa shape index (κ1) is 17.0. The summed E-state index contributed by atoms with van der Waals surface area (Å²) in [6.07, 6.45) is 2.92. The van der Waals surface area contributed by atoms with Crippen LogP contribution in [-0.4, -0.2) is 18.8 Å². The van der Waals surface area contributed by atoms with E-state index in [2.05, 4.69) is 76.2 Å². The largest absolute Gasteiger partial charge is 0.491 e. The Morgan fingerprint density at radius 3 is 2.04 bits per heavy atom. The van der Waals surface area contributed by atoms with Crippen molar-refractivity contribution in [2.75, 3.05) is 6.61 Å². The molecule has 2 aromatic rings. The van der Waals surface area contributed by atoms with E-state index in [9.17, 15) is 0 Å². The van der Waals surface area contributed by atoms with Crippen molar-refractivity contribution >= 4 is 0 Å². The lowest BCUT2D eigenvalue weighted by atomic mass is 9.78. The highest BCUT2D eigenvalue weighted by Gasteiger charge is 2.29. The number of benzene rings is 2. The van der Waals surface area contributed by atoms with Crippen LogP contribution < -0.4 is 4.74 Å². The van der Waals surface area contributed by atoms with Gasteiger partial charge in [-0.15, -0.1) is 0 Å². The van der Waals surface area contributed by atoms with Crippen LogP contribution in [0.15, 0.2) is 48.5 Å². The molecule has 1 heterocycles. The Balaban J connectivity index is 1.62. The summed E-state index contributed by atoms with van der Waals surface area (Å²) in [6.45, 7) is 9.46. The van der Waals surface area contributed by atoms with Gasteiger partial charge in [0.1, 0.15) is 12.4 Å². The molecule has 0 N–H and O–H groups in total. The Kier molecular flexibility index (Phi) is 4.96. The molecule has 128 valence electrons. The highest BCUT2D eigenvalue weighted by Crippen LogP contribution is 2.32. The number of rotatable bonds is 6. The molecule has 0 aliphatic carbocycles. The third-order valence-corrected chi connectivity index (χ3v) is 5.15. The molecule has 2 unspecified atom stereocenters. The summed E-state index contributed by atoms with van der Waals surface area (Å²) in [5.41, 5.74) is 3.90. The summed E-state index contributed by atoms with van der Waals surface area (Å²) >= 11 is 0. The van der Waals surface area contributed by atoms with Gasteiger partial charge < -0.3 is 9.47 Å². The Bertz CT molecular complexity index is 649. The molecule has 3 rings (SSSR count). The minimum Gasteiger partial charge on any atom is -0.491 e. The van der Waals surface area contributed by atoms with Gasteiger partial charge in [0, 0.05) is 11.8 Å². The quantitative estimate of drug-likeness (QED) is 0.721. The number of ether oxygens (including phenoxy) is 2. The van der Waals surface area contributed by atoms with E-state index < -0.39 is 0 Å². The first-order chi connectivity index (χ1) is 11.5. The van der Waals surface area contributed by atoms with E-state index in [0.29, 0.717) is 12.7 Å². The van der Waals surface area contributed by atoms with Crippen LogP contribution in [0.25, 0.3) is 0 Å². The molecule has 0 radical (unpaired) electrons. The normalized spacial score (nSPS) is 20.5. The summed E-state index contributed by atoms with van der Waals surface area (Å²) in [4.78, 5) is 0. The summed E-state index contributed by atoms with van der Waals surface area (Å²) in [7, 11) is 0. The number of hydrogen-bond donors (Lipinski definition) is 0. The van der Waals surface area contributed by atoms with Crippen LogP contribution in [0.5, 0.6) is 5.75 Å². The van der Waals surface area contributed by atoms with Gasteiger partial charge in [-0.05, 0) is 36.6 Å².